The summed E-state index contributed by atoms with van der Waals surface area (Å²) in [6.07, 6.45) is 1.97. The third kappa shape index (κ3) is 3.12. The zero-order valence-corrected chi connectivity index (χ0v) is 15.7. The van der Waals surface area contributed by atoms with Crippen molar-refractivity contribution >= 4 is 39.6 Å². The molecule has 2 aromatic heterocycles. The first kappa shape index (κ1) is 17.4. The summed E-state index contributed by atoms with van der Waals surface area (Å²) in [6, 6.07) is 15.5. The van der Waals surface area contributed by atoms with Crippen LogP contribution in [0.2, 0.25) is 0 Å². The Labute approximate surface area is 166 Å². The third-order valence-corrected chi connectivity index (χ3v) is 5.38. The van der Waals surface area contributed by atoms with Gasteiger partial charge in [0.25, 0.3) is 0 Å². The lowest BCUT2D eigenvalue weighted by molar-refractivity contribution is -0.126. The van der Waals surface area contributed by atoms with Crippen LogP contribution in [0, 0.1) is 5.92 Å². The monoisotopic (exact) mass is 388 g/mol. The summed E-state index contributed by atoms with van der Waals surface area (Å²) in [7, 11) is 0. The predicted molar refractivity (Wildman–Crippen MR) is 109 cm³/mol. The van der Waals surface area contributed by atoms with E-state index in [0.717, 1.165) is 21.9 Å². The predicted octanol–water partition coefficient (Wildman–Crippen LogP) is 2.08. The van der Waals surface area contributed by atoms with Crippen LogP contribution in [-0.2, 0) is 16.1 Å². The molecule has 5 rings (SSSR count). The van der Waals surface area contributed by atoms with Crippen molar-refractivity contribution in [3.8, 4) is 0 Å². The van der Waals surface area contributed by atoms with Crippen molar-refractivity contribution < 1.29 is 9.59 Å². The molecule has 0 spiro atoms. The summed E-state index contributed by atoms with van der Waals surface area (Å²) < 4.78 is 2.01. The van der Waals surface area contributed by atoms with Crippen LogP contribution in [0.25, 0.3) is 21.9 Å². The minimum absolute atomic E-state index is 0.0805. The van der Waals surface area contributed by atoms with Crippen LogP contribution in [0.4, 0.5) is 5.82 Å². The Balaban J connectivity index is 1.22. The van der Waals surface area contributed by atoms with Crippen LogP contribution in [0.5, 0.6) is 0 Å². The van der Waals surface area contributed by atoms with Crippen LogP contribution in [0.3, 0.4) is 0 Å². The lowest BCUT2D eigenvalue weighted by Crippen LogP contribution is -2.34. The number of hydrogen-bond donors (Lipinski definition) is 2. The molecule has 29 heavy (non-hydrogen) atoms. The molecule has 8 nitrogen and oxygen atoms in total. The molecule has 1 aliphatic rings. The van der Waals surface area contributed by atoms with Gasteiger partial charge in [0.2, 0.25) is 11.8 Å². The number of rotatable bonds is 5. The van der Waals surface area contributed by atoms with Crippen molar-refractivity contribution in [2.75, 3.05) is 18.0 Å². The van der Waals surface area contributed by atoms with Crippen LogP contribution in [-0.4, -0.2) is 44.7 Å². The Morgan fingerprint density at radius 1 is 1.17 bits per heavy atom. The van der Waals surface area contributed by atoms with Gasteiger partial charge in [-0.15, -0.1) is 0 Å². The quantitative estimate of drug-likeness (QED) is 0.547. The van der Waals surface area contributed by atoms with E-state index in [2.05, 4.69) is 20.5 Å². The molecular weight excluding hydrogens is 368 g/mol. The summed E-state index contributed by atoms with van der Waals surface area (Å²) in [4.78, 5) is 31.1. The smallest absolute Gasteiger partial charge is 0.229 e. The van der Waals surface area contributed by atoms with Gasteiger partial charge in [-0.3, -0.25) is 19.6 Å². The normalized spacial score (nSPS) is 16.8. The average Bonchev–Trinajstić information content (AvgIpc) is 3.45. The topological polar surface area (TPSA) is 95.9 Å². The summed E-state index contributed by atoms with van der Waals surface area (Å²) in [5.41, 5.74) is 2.84. The number of nitrogens with one attached hydrogen (secondary N) is 2. The molecule has 0 saturated carbocycles. The van der Waals surface area contributed by atoms with Crippen molar-refractivity contribution in [2.24, 2.45) is 5.92 Å². The van der Waals surface area contributed by atoms with Crippen molar-refractivity contribution in [2.45, 2.75) is 13.0 Å². The molecule has 146 valence electrons. The summed E-state index contributed by atoms with van der Waals surface area (Å²) >= 11 is 0. The van der Waals surface area contributed by atoms with E-state index in [1.54, 1.807) is 11.2 Å². The largest absolute Gasteiger partial charge is 0.354 e. The molecule has 1 aliphatic heterocycles. The maximum absolute atomic E-state index is 12.6. The zero-order valence-electron chi connectivity index (χ0n) is 15.7. The number of hydrogen-bond acceptors (Lipinski definition) is 4. The second-order valence-corrected chi connectivity index (χ2v) is 7.22. The van der Waals surface area contributed by atoms with E-state index in [9.17, 15) is 9.59 Å². The van der Waals surface area contributed by atoms with E-state index in [0.29, 0.717) is 25.5 Å². The molecule has 0 radical (unpaired) electrons. The van der Waals surface area contributed by atoms with Crippen LogP contribution in [0.1, 0.15) is 6.42 Å². The van der Waals surface area contributed by atoms with E-state index in [-0.39, 0.29) is 24.2 Å². The van der Waals surface area contributed by atoms with E-state index >= 15 is 0 Å². The minimum atomic E-state index is -0.377. The lowest BCUT2D eigenvalue weighted by atomic mass is 10.1. The number of para-hydroxylation sites is 3. The molecule has 4 aromatic rings. The number of fused-ring (bicyclic) bond motifs is 2. The second kappa shape index (κ2) is 7.05. The van der Waals surface area contributed by atoms with Gasteiger partial charge < -0.3 is 9.88 Å². The molecule has 0 aliphatic carbocycles. The number of aromatic amines is 1. The fourth-order valence-electron chi connectivity index (χ4n) is 3.88. The fourth-order valence-corrected chi connectivity index (χ4v) is 3.88. The van der Waals surface area contributed by atoms with E-state index in [1.165, 1.54) is 0 Å². The van der Waals surface area contributed by atoms with Gasteiger partial charge in [-0.05, 0) is 24.3 Å². The first-order chi connectivity index (χ1) is 14.2. The number of imidazole rings is 1. The second-order valence-electron chi connectivity index (χ2n) is 7.22. The maximum Gasteiger partial charge on any atom is 0.229 e. The SMILES string of the molecule is O=C(NCCn1cnc2ccccc21)C1CC(=O)N(c2n[nH]c3ccccc23)C1. The van der Waals surface area contributed by atoms with E-state index in [4.69, 9.17) is 0 Å². The number of aromatic nitrogens is 4. The molecule has 2 aromatic carbocycles. The van der Waals surface area contributed by atoms with Gasteiger partial charge in [0.1, 0.15) is 0 Å². The van der Waals surface area contributed by atoms with Gasteiger partial charge in [0, 0.05) is 31.4 Å². The Hall–Kier alpha value is -3.68. The van der Waals surface area contributed by atoms with Gasteiger partial charge >= 0.3 is 0 Å². The first-order valence-electron chi connectivity index (χ1n) is 9.62. The third-order valence-electron chi connectivity index (χ3n) is 5.38. The van der Waals surface area contributed by atoms with Crippen LogP contribution in [0.15, 0.2) is 54.9 Å². The highest BCUT2D eigenvalue weighted by molar-refractivity contribution is 6.05. The van der Waals surface area contributed by atoms with Gasteiger partial charge in [0.05, 0.1) is 28.8 Å². The standard InChI is InChI=1S/C21H20N6O2/c28-19-11-14(12-27(19)20-15-5-1-2-6-16(15)24-25-20)21(29)22-9-10-26-13-23-17-7-3-4-8-18(17)26/h1-8,13-14H,9-12H2,(H,22,29)(H,24,25). The Morgan fingerprint density at radius 2 is 2.00 bits per heavy atom. The highest BCUT2D eigenvalue weighted by atomic mass is 16.2. The summed E-state index contributed by atoms with van der Waals surface area (Å²) in [6.45, 7) is 1.45. The first-order valence-corrected chi connectivity index (χ1v) is 9.62. The molecule has 1 fully saturated rings. The molecule has 2 N–H and O–H groups in total. The maximum atomic E-state index is 12.6. The van der Waals surface area contributed by atoms with Gasteiger partial charge in [-0.1, -0.05) is 24.3 Å². The van der Waals surface area contributed by atoms with Gasteiger partial charge in [-0.2, -0.15) is 5.10 Å². The Kier molecular flexibility index (Phi) is 4.23. The highest BCUT2D eigenvalue weighted by Gasteiger charge is 2.36. The van der Waals surface area contributed by atoms with Crippen molar-refractivity contribution in [3.05, 3.63) is 54.9 Å². The Bertz CT molecular complexity index is 1210. The summed E-state index contributed by atoms with van der Waals surface area (Å²) in [5.74, 6) is 0.0244. The van der Waals surface area contributed by atoms with Gasteiger partial charge in [-0.25, -0.2) is 4.98 Å². The molecule has 1 atom stereocenters. The fraction of sp³-hybridized carbons (Fsp3) is 0.238. The molecular formula is C21H20N6O2. The number of benzene rings is 2. The number of carbonyl (C=O) groups excluding carboxylic acids is 2. The molecule has 2 amide bonds. The molecule has 0 bridgehead atoms. The Morgan fingerprint density at radius 3 is 2.93 bits per heavy atom. The molecule has 3 heterocycles. The molecule has 8 heteroatoms. The molecule has 1 saturated heterocycles. The number of nitrogens with zero attached hydrogens (tertiary/aromatic N) is 4. The molecule has 1 unspecified atom stereocenters. The highest BCUT2D eigenvalue weighted by Crippen LogP contribution is 2.29. The zero-order chi connectivity index (χ0) is 19.8. The van der Waals surface area contributed by atoms with Crippen molar-refractivity contribution in [3.63, 3.8) is 0 Å². The van der Waals surface area contributed by atoms with E-state index < -0.39 is 0 Å². The number of anilines is 1. The van der Waals surface area contributed by atoms with E-state index in [1.807, 2.05) is 53.1 Å². The lowest BCUT2D eigenvalue weighted by Gasteiger charge is -2.14. The number of amides is 2. The van der Waals surface area contributed by atoms with Crippen LogP contribution < -0.4 is 10.2 Å². The average molecular weight is 388 g/mol. The van der Waals surface area contributed by atoms with Crippen LogP contribution >= 0.6 is 0 Å². The number of carbonyl (C=O) groups is 2. The minimum Gasteiger partial charge on any atom is -0.354 e. The summed E-state index contributed by atoms with van der Waals surface area (Å²) in [5, 5.41) is 11.1. The van der Waals surface area contributed by atoms with Crippen molar-refractivity contribution in [1.29, 1.82) is 0 Å². The van der Waals surface area contributed by atoms with Gasteiger partial charge in [0.15, 0.2) is 5.82 Å². The van der Waals surface area contributed by atoms with Crippen molar-refractivity contribution in [1.82, 2.24) is 25.1 Å². The number of H-pyrrole nitrogens is 1.